The second-order valence-electron chi connectivity index (χ2n) is 3.43. The van der Waals surface area contributed by atoms with Crippen molar-refractivity contribution in [1.82, 2.24) is 20.2 Å². The highest BCUT2D eigenvalue weighted by Crippen LogP contribution is 2.19. The van der Waals surface area contributed by atoms with E-state index in [1.54, 1.807) is 6.20 Å². The summed E-state index contributed by atoms with van der Waals surface area (Å²) in [7, 11) is 0. The quantitative estimate of drug-likeness (QED) is 0.629. The number of fused-ring (bicyclic) bond motifs is 1. The van der Waals surface area contributed by atoms with Crippen LogP contribution in [0.15, 0.2) is 36.5 Å². The Hall–Kier alpha value is -2.01. The average Bonchev–Trinajstić information content (AvgIpc) is 2.75. The Morgan fingerprint density at radius 2 is 2.06 bits per heavy atom. The molecule has 0 atom stereocenters. The molecule has 3 rings (SSSR count). The summed E-state index contributed by atoms with van der Waals surface area (Å²) in [4.78, 5) is 8.43. The lowest BCUT2D eigenvalue weighted by molar-refractivity contribution is 1.08. The van der Waals surface area contributed by atoms with Gasteiger partial charge < -0.3 is 0 Å². The normalized spacial score (nSPS) is 10.8. The molecule has 0 aliphatic carbocycles. The highest BCUT2D eigenvalue weighted by Gasteiger charge is 2.02. The van der Waals surface area contributed by atoms with Crippen molar-refractivity contribution >= 4 is 23.1 Å². The Bertz CT molecular complexity index is 698. The summed E-state index contributed by atoms with van der Waals surface area (Å²) in [5.74, 6) is 0.746. The first-order chi connectivity index (χ1) is 7.83. The van der Waals surface area contributed by atoms with E-state index in [9.17, 15) is 0 Å². The largest absolute Gasteiger partial charge is 0.282 e. The van der Waals surface area contributed by atoms with E-state index in [4.69, 9.17) is 12.2 Å². The van der Waals surface area contributed by atoms with Crippen LogP contribution in [-0.4, -0.2) is 20.2 Å². The van der Waals surface area contributed by atoms with Crippen LogP contribution >= 0.6 is 12.2 Å². The maximum absolute atomic E-state index is 4.92. The topological polar surface area (TPSA) is 57.4 Å². The lowest BCUT2D eigenvalue weighted by Gasteiger charge is -1.99. The standard InChI is InChI=1S/C11H8N4S/c16-11-13-10(14-15-11)8-3-4-9-7(6-8)2-1-5-12-9/h1-6H,(H2,13,14,15,16). The number of aromatic amines is 2. The minimum atomic E-state index is 0.460. The molecule has 0 saturated heterocycles. The third-order valence-corrected chi connectivity index (χ3v) is 2.57. The van der Waals surface area contributed by atoms with E-state index >= 15 is 0 Å². The molecule has 0 bridgehead atoms. The van der Waals surface area contributed by atoms with Crippen molar-refractivity contribution in [2.24, 2.45) is 0 Å². The molecule has 0 spiro atoms. The van der Waals surface area contributed by atoms with Gasteiger partial charge in [-0.15, -0.1) is 0 Å². The van der Waals surface area contributed by atoms with Gasteiger partial charge in [0, 0.05) is 17.1 Å². The summed E-state index contributed by atoms with van der Waals surface area (Å²) in [6.45, 7) is 0. The summed E-state index contributed by atoms with van der Waals surface area (Å²) in [6.07, 6.45) is 1.78. The molecule has 4 nitrogen and oxygen atoms in total. The molecule has 0 aliphatic rings. The van der Waals surface area contributed by atoms with Gasteiger partial charge in [-0.1, -0.05) is 6.07 Å². The van der Waals surface area contributed by atoms with Crippen molar-refractivity contribution in [3.05, 3.63) is 41.3 Å². The Labute approximate surface area is 96.4 Å². The predicted octanol–water partition coefficient (Wildman–Crippen LogP) is 2.68. The lowest BCUT2D eigenvalue weighted by Crippen LogP contribution is -1.82. The first-order valence-electron chi connectivity index (χ1n) is 4.83. The second kappa shape index (κ2) is 3.53. The molecular formula is C11H8N4S. The fourth-order valence-electron chi connectivity index (χ4n) is 1.63. The molecule has 0 fully saturated rings. The van der Waals surface area contributed by atoms with Crippen LogP contribution in [0.2, 0.25) is 0 Å². The molecular weight excluding hydrogens is 220 g/mol. The summed E-state index contributed by atoms with van der Waals surface area (Å²) in [5.41, 5.74) is 1.97. The molecule has 3 aromatic rings. The van der Waals surface area contributed by atoms with Crippen LogP contribution in [0.5, 0.6) is 0 Å². The SMILES string of the molecule is S=c1nc(-c2ccc3ncccc3c2)[nH][nH]1. The van der Waals surface area contributed by atoms with E-state index in [0.717, 1.165) is 22.3 Å². The maximum Gasteiger partial charge on any atom is 0.213 e. The summed E-state index contributed by atoms with van der Waals surface area (Å²) in [5, 5.41) is 6.79. The monoisotopic (exact) mass is 228 g/mol. The molecule has 16 heavy (non-hydrogen) atoms. The van der Waals surface area contributed by atoms with Gasteiger partial charge in [-0.2, -0.15) is 4.98 Å². The molecule has 0 amide bonds. The van der Waals surface area contributed by atoms with Crippen molar-refractivity contribution in [2.45, 2.75) is 0 Å². The number of H-pyrrole nitrogens is 2. The molecule has 5 heteroatoms. The van der Waals surface area contributed by atoms with Gasteiger partial charge in [-0.3, -0.25) is 15.2 Å². The van der Waals surface area contributed by atoms with E-state index in [0.29, 0.717) is 4.77 Å². The molecule has 0 radical (unpaired) electrons. The van der Waals surface area contributed by atoms with Crippen molar-refractivity contribution in [3.63, 3.8) is 0 Å². The Kier molecular flexibility index (Phi) is 2.04. The van der Waals surface area contributed by atoms with Gasteiger partial charge in [0.2, 0.25) is 4.77 Å². The average molecular weight is 228 g/mol. The van der Waals surface area contributed by atoms with Gasteiger partial charge in [0.25, 0.3) is 0 Å². The Morgan fingerprint density at radius 1 is 1.12 bits per heavy atom. The van der Waals surface area contributed by atoms with Gasteiger partial charge in [-0.05, 0) is 36.5 Å². The van der Waals surface area contributed by atoms with Gasteiger partial charge in [0.15, 0.2) is 5.82 Å². The third-order valence-electron chi connectivity index (χ3n) is 2.38. The van der Waals surface area contributed by atoms with Crippen molar-refractivity contribution < 1.29 is 0 Å². The van der Waals surface area contributed by atoms with E-state index in [-0.39, 0.29) is 0 Å². The van der Waals surface area contributed by atoms with Crippen molar-refractivity contribution in [2.75, 3.05) is 0 Å². The van der Waals surface area contributed by atoms with Crippen molar-refractivity contribution in [3.8, 4) is 11.4 Å². The molecule has 2 heterocycles. The minimum Gasteiger partial charge on any atom is -0.282 e. The molecule has 0 unspecified atom stereocenters. The maximum atomic E-state index is 4.92. The van der Waals surface area contributed by atoms with Gasteiger partial charge >= 0.3 is 0 Å². The van der Waals surface area contributed by atoms with Gasteiger partial charge in [-0.25, -0.2) is 0 Å². The van der Waals surface area contributed by atoms with Crippen LogP contribution < -0.4 is 0 Å². The number of nitrogens with one attached hydrogen (secondary N) is 2. The molecule has 78 valence electrons. The highest BCUT2D eigenvalue weighted by molar-refractivity contribution is 7.71. The van der Waals surface area contributed by atoms with Crippen LogP contribution in [0.4, 0.5) is 0 Å². The molecule has 2 N–H and O–H groups in total. The smallest absolute Gasteiger partial charge is 0.213 e. The van der Waals surface area contributed by atoms with E-state index in [2.05, 4.69) is 20.2 Å². The van der Waals surface area contributed by atoms with Crippen LogP contribution in [0.25, 0.3) is 22.3 Å². The van der Waals surface area contributed by atoms with E-state index < -0.39 is 0 Å². The van der Waals surface area contributed by atoms with E-state index in [1.165, 1.54) is 0 Å². The fraction of sp³-hybridized carbons (Fsp3) is 0. The number of rotatable bonds is 1. The van der Waals surface area contributed by atoms with Crippen LogP contribution in [0, 0.1) is 4.77 Å². The molecule has 0 aliphatic heterocycles. The Balaban J connectivity index is 2.22. The number of benzene rings is 1. The summed E-state index contributed by atoms with van der Waals surface area (Å²) < 4.78 is 0.460. The molecule has 2 aromatic heterocycles. The first-order valence-corrected chi connectivity index (χ1v) is 5.23. The zero-order valence-corrected chi connectivity index (χ0v) is 9.08. The number of pyridine rings is 1. The predicted molar refractivity (Wildman–Crippen MR) is 64.5 cm³/mol. The van der Waals surface area contributed by atoms with E-state index in [1.807, 2.05) is 30.3 Å². The van der Waals surface area contributed by atoms with Gasteiger partial charge in [0.05, 0.1) is 5.52 Å². The lowest BCUT2D eigenvalue weighted by atomic mass is 10.1. The summed E-state index contributed by atoms with van der Waals surface area (Å²) in [6, 6.07) is 9.91. The molecule has 1 aromatic carbocycles. The highest BCUT2D eigenvalue weighted by atomic mass is 32.1. The number of hydrogen-bond donors (Lipinski definition) is 2. The van der Waals surface area contributed by atoms with Gasteiger partial charge in [0.1, 0.15) is 0 Å². The third kappa shape index (κ3) is 1.51. The first kappa shape index (κ1) is 9.23. The number of hydrogen-bond acceptors (Lipinski definition) is 3. The minimum absolute atomic E-state index is 0.460. The fourth-order valence-corrected chi connectivity index (χ4v) is 1.77. The zero-order valence-electron chi connectivity index (χ0n) is 8.27. The van der Waals surface area contributed by atoms with Crippen LogP contribution in [0.1, 0.15) is 0 Å². The van der Waals surface area contributed by atoms with Crippen LogP contribution in [0.3, 0.4) is 0 Å². The summed E-state index contributed by atoms with van der Waals surface area (Å²) >= 11 is 4.92. The number of aromatic nitrogens is 4. The zero-order chi connectivity index (χ0) is 11.0. The number of nitrogens with zero attached hydrogens (tertiary/aromatic N) is 2. The Morgan fingerprint density at radius 3 is 2.88 bits per heavy atom. The van der Waals surface area contributed by atoms with Crippen molar-refractivity contribution in [1.29, 1.82) is 0 Å². The van der Waals surface area contributed by atoms with Crippen LogP contribution in [-0.2, 0) is 0 Å². The molecule has 0 saturated carbocycles. The second-order valence-corrected chi connectivity index (χ2v) is 3.81.